The number of hydrogen-bond donors (Lipinski definition) is 0. The van der Waals surface area contributed by atoms with Crippen LogP contribution in [0.25, 0.3) is 0 Å². The van der Waals surface area contributed by atoms with Crippen molar-refractivity contribution in [2.75, 3.05) is 12.3 Å². The van der Waals surface area contributed by atoms with E-state index in [1.54, 1.807) is 48.5 Å². The van der Waals surface area contributed by atoms with E-state index >= 15 is 0 Å². The van der Waals surface area contributed by atoms with Gasteiger partial charge in [0.15, 0.2) is 15.2 Å². The van der Waals surface area contributed by atoms with Crippen molar-refractivity contribution in [1.29, 1.82) is 0 Å². The molecule has 2 aromatic rings. The van der Waals surface area contributed by atoms with Gasteiger partial charge < -0.3 is 18.8 Å². The number of benzene rings is 2. The molecule has 0 aliphatic rings. The molecule has 0 heterocycles. The van der Waals surface area contributed by atoms with Gasteiger partial charge in [-0.1, -0.05) is 75.9 Å². The van der Waals surface area contributed by atoms with Gasteiger partial charge in [0.1, 0.15) is 11.5 Å². The molecule has 2 rings (SSSR count). The Labute approximate surface area is 196 Å². The normalized spacial score (nSPS) is 14.1. The summed E-state index contributed by atoms with van der Waals surface area (Å²) < 4.78 is 32.9. The third-order valence-corrected chi connectivity index (χ3v) is 6.75. The summed E-state index contributed by atoms with van der Waals surface area (Å²) in [5, 5.41) is 0. The van der Waals surface area contributed by atoms with Crippen LogP contribution in [0, 0.1) is 0 Å². The van der Waals surface area contributed by atoms with Crippen LogP contribution >= 0.6 is 15.2 Å². The summed E-state index contributed by atoms with van der Waals surface area (Å²) in [6.07, 6.45) is 5.44. The number of rotatable bonds is 12. The van der Waals surface area contributed by atoms with Crippen molar-refractivity contribution >= 4 is 15.2 Å². The molecule has 31 heavy (non-hydrogen) atoms. The maximum atomic E-state index is 11.5. The molecule has 1 radical (unpaired) electrons. The van der Waals surface area contributed by atoms with Crippen LogP contribution in [-0.2, 0) is 25.9 Å². The van der Waals surface area contributed by atoms with Gasteiger partial charge in [-0.3, -0.25) is 9.13 Å². The van der Waals surface area contributed by atoms with Crippen molar-refractivity contribution in [3.05, 3.63) is 60.7 Å². The smallest absolute Gasteiger partial charge is 0.769 e. The Balaban J connectivity index is 0.000000562. The number of para-hydroxylation sites is 2. The molecule has 0 saturated heterocycles. The SMILES string of the molecule is CCCCCP(=O)([O-])Oc1ccccc1.CCCCCP(=O)([O-])Oc1ccccc1.[Co+2]. The largest absolute Gasteiger partial charge is 2.00 e. The molecular weight excluding hydrogens is 481 g/mol. The van der Waals surface area contributed by atoms with E-state index in [9.17, 15) is 18.9 Å². The fourth-order valence-corrected chi connectivity index (χ4v) is 4.78. The fourth-order valence-electron chi connectivity index (χ4n) is 2.49. The minimum absolute atomic E-state index is 0. The van der Waals surface area contributed by atoms with Gasteiger partial charge in [0.2, 0.25) is 0 Å². The molecule has 0 amide bonds. The zero-order valence-corrected chi connectivity index (χ0v) is 20.9. The Hall–Kier alpha value is -1.07. The van der Waals surface area contributed by atoms with Crippen molar-refractivity contribution in [3.8, 4) is 11.5 Å². The Morgan fingerprint density at radius 3 is 1.26 bits per heavy atom. The quantitative estimate of drug-likeness (QED) is 0.270. The summed E-state index contributed by atoms with van der Waals surface area (Å²) >= 11 is 0. The molecule has 2 atom stereocenters. The molecular formula is C22H32CoO6P2. The summed E-state index contributed by atoms with van der Waals surface area (Å²) in [4.78, 5) is 23.0. The standard InChI is InChI=1S/2C11H17O3P.Co/c2*1-2-3-7-10-15(12,13)14-11-8-5-4-6-9-11;/h2*4-6,8-9H,2-3,7,10H2,1H3,(H,12,13);/q;;+2/p-2. The van der Waals surface area contributed by atoms with Gasteiger partial charge in [-0.15, -0.1) is 0 Å². The molecule has 2 unspecified atom stereocenters. The van der Waals surface area contributed by atoms with E-state index in [-0.39, 0.29) is 29.1 Å². The van der Waals surface area contributed by atoms with Gasteiger partial charge in [0, 0.05) is 12.3 Å². The van der Waals surface area contributed by atoms with Gasteiger partial charge in [0.05, 0.1) is 0 Å². The molecule has 0 fully saturated rings. The summed E-state index contributed by atoms with van der Waals surface area (Å²) in [5.41, 5.74) is 0. The fraction of sp³-hybridized carbons (Fsp3) is 0.455. The van der Waals surface area contributed by atoms with Crippen molar-refractivity contribution < 1.29 is 44.7 Å². The van der Waals surface area contributed by atoms with Crippen LogP contribution in [0.2, 0.25) is 0 Å². The van der Waals surface area contributed by atoms with E-state index in [1.807, 2.05) is 26.0 Å². The molecule has 9 heteroatoms. The van der Waals surface area contributed by atoms with Crippen LogP contribution in [0.4, 0.5) is 0 Å². The maximum absolute atomic E-state index is 11.5. The second-order valence-electron chi connectivity index (χ2n) is 6.89. The first kappa shape index (κ1) is 29.9. The average molecular weight is 513 g/mol. The molecule has 0 aliphatic carbocycles. The monoisotopic (exact) mass is 513 g/mol. The zero-order chi connectivity index (χ0) is 22.3. The van der Waals surface area contributed by atoms with Crippen LogP contribution < -0.4 is 18.8 Å². The van der Waals surface area contributed by atoms with E-state index in [2.05, 4.69) is 0 Å². The minimum atomic E-state index is -3.69. The molecule has 0 saturated carbocycles. The van der Waals surface area contributed by atoms with E-state index in [1.165, 1.54) is 0 Å². The average Bonchev–Trinajstić information content (AvgIpc) is 2.69. The summed E-state index contributed by atoms with van der Waals surface area (Å²) in [5.74, 6) is 0.791. The third-order valence-electron chi connectivity index (χ3n) is 4.05. The van der Waals surface area contributed by atoms with Crippen LogP contribution in [0.3, 0.4) is 0 Å². The Morgan fingerprint density at radius 2 is 0.968 bits per heavy atom. The molecule has 0 N–H and O–H groups in total. The van der Waals surface area contributed by atoms with Gasteiger partial charge in [0.25, 0.3) is 0 Å². The predicted molar refractivity (Wildman–Crippen MR) is 118 cm³/mol. The van der Waals surface area contributed by atoms with E-state index in [0.717, 1.165) is 25.7 Å². The van der Waals surface area contributed by atoms with E-state index in [0.29, 0.717) is 24.3 Å². The van der Waals surface area contributed by atoms with Crippen molar-refractivity contribution in [1.82, 2.24) is 0 Å². The van der Waals surface area contributed by atoms with Crippen LogP contribution in [0.1, 0.15) is 52.4 Å². The van der Waals surface area contributed by atoms with Crippen molar-refractivity contribution in [2.45, 2.75) is 52.4 Å². The summed E-state index contributed by atoms with van der Waals surface area (Å²) in [6, 6.07) is 17.2. The topological polar surface area (TPSA) is 98.7 Å². The molecule has 6 nitrogen and oxygen atoms in total. The van der Waals surface area contributed by atoms with Gasteiger partial charge in [-0.05, 0) is 37.1 Å². The second kappa shape index (κ2) is 16.5. The third kappa shape index (κ3) is 15.4. The Bertz CT molecular complexity index is 722. The van der Waals surface area contributed by atoms with E-state index in [4.69, 9.17) is 9.05 Å². The molecule has 2 aromatic carbocycles. The van der Waals surface area contributed by atoms with E-state index < -0.39 is 15.2 Å². The first-order chi connectivity index (χ1) is 14.3. The predicted octanol–water partition coefficient (Wildman–Crippen LogP) is 5.62. The Morgan fingerprint density at radius 1 is 0.645 bits per heavy atom. The van der Waals surface area contributed by atoms with Gasteiger partial charge >= 0.3 is 16.8 Å². The number of unbranched alkanes of at least 4 members (excludes halogenated alkanes) is 4. The first-order valence-electron chi connectivity index (χ1n) is 10.4. The maximum Gasteiger partial charge on any atom is 2.00 e. The van der Waals surface area contributed by atoms with Crippen LogP contribution in [0.15, 0.2) is 60.7 Å². The Kier molecular flexibility index (Phi) is 16.0. The van der Waals surface area contributed by atoms with Gasteiger partial charge in [-0.2, -0.15) is 0 Å². The molecule has 0 aliphatic heterocycles. The van der Waals surface area contributed by atoms with Gasteiger partial charge in [-0.25, -0.2) is 0 Å². The molecule has 0 spiro atoms. The first-order valence-corrected chi connectivity index (χ1v) is 13.8. The summed E-state index contributed by atoms with van der Waals surface area (Å²) in [6.45, 7) is 4.07. The molecule has 0 aromatic heterocycles. The molecule has 175 valence electrons. The van der Waals surface area contributed by atoms with Crippen LogP contribution in [0.5, 0.6) is 11.5 Å². The minimum Gasteiger partial charge on any atom is -0.769 e. The second-order valence-corrected chi connectivity index (χ2v) is 10.6. The van der Waals surface area contributed by atoms with Crippen molar-refractivity contribution in [2.24, 2.45) is 0 Å². The zero-order valence-electron chi connectivity index (χ0n) is 18.1. The molecule has 0 bridgehead atoms. The summed E-state index contributed by atoms with van der Waals surface area (Å²) in [7, 11) is -7.39. The van der Waals surface area contributed by atoms with Crippen LogP contribution in [-0.4, -0.2) is 12.3 Å². The number of hydrogen-bond acceptors (Lipinski definition) is 6. The van der Waals surface area contributed by atoms with Crippen molar-refractivity contribution in [3.63, 3.8) is 0 Å².